The van der Waals surface area contributed by atoms with E-state index in [-0.39, 0.29) is 28.5 Å². The summed E-state index contributed by atoms with van der Waals surface area (Å²) in [7, 11) is 0. The number of benzene rings is 8. The zero-order chi connectivity index (χ0) is 44.6. The molecule has 0 fully saturated rings. The Balaban J connectivity index is 1.36. The van der Waals surface area contributed by atoms with E-state index in [1.165, 1.54) is 110 Å². The summed E-state index contributed by atoms with van der Waals surface area (Å²) in [6.45, 7) is 28.4. The van der Waals surface area contributed by atoms with Crippen molar-refractivity contribution < 1.29 is 4.42 Å². The fraction of sp³-hybridized carbons (Fsp3) is 0.267. The number of rotatable bonds is 1. The third kappa shape index (κ3) is 5.35. The normalized spacial score (nSPS) is 14.2. The maximum atomic E-state index is 6.99. The number of nitrogens with zero attached hydrogens (tertiary/aromatic N) is 2. The average molecular weight is 833 g/mol. The van der Waals surface area contributed by atoms with Crippen LogP contribution in [0.5, 0.6) is 0 Å². The van der Waals surface area contributed by atoms with Crippen molar-refractivity contribution in [1.29, 1.82) is 0 Å². The Morgan fingerprint density at radius 2 is 1.02 bits per heavy atom. The number of hydrogen-bond donors (Lipinski definition) is 0. The summed E-state index contributed by atoms with van der Waals surface area (Å²) < 4.78 is 9.70. The largest absolute Gasteiger partial charge is 0.456 e. The van der Waals surface area contributed by atoms with Crippen LogP contribution in [-0.2, 0) is 21.7 Å². The van der Waals surface area contributed by atoms with Crippen molar-refractivity contribution in [3.05, 3.63) is 150 Å². The number of para-hydroxylation sites is 3. The van der Waals surface area contributed by atoms with Crippen molar-refractivity contribution in [2.75, 3.05) is 4.90 Å². The maximum Gasteiger partial charge on any atom is 0.333 e. The molecule has 0 atom stereocenters. The molecule has 64 heavy (non-hydrogen) atoms. The lowest BCUT2D eigenvalue weighted by molar-refractivity contribution is 0.568. The topological polar surface area (TPSA) is 21.3 Å². The first-order valence-corrected chi connectivity index (χ1v) is 23.3. The van der Waals surface area contributed by atoms with Crippen molar-refractivity contribution in [1.82, 2.24) is 4.48 Å². The summed E-state index contributed by atoms with van der Waals surface area (Å²) in [5, 5.41) is 10.3. The molecule has 0 radical (unpaired) electrons. The summed E-state index contributed by atoms with van der Waals surface area (Å²) in [5.41, 5.74) is 18.2. The molecular formula is C60H57BN2O. The molecule has 316 valence electrons. The predicted octanol–water partition coefficient (Wildman–Crippen LogP) is 15.6. The Morgan fingerprint density at radius 1 is 0.453 bits per heavy atom. The minimum absolute atomic E-state index is 0.0722. The van der Waals surface area contributed by atoms with Gasteiger partial charge in [-0.2, -0.15) is 0 Å². The van der Waals surface area contributed by atoms with Crippen molar-refractivity contribution in [3.8, 4) is 11.1 Å². The number of aromatic nitrogens is 1. The number of fused-ring (bicyclic) bond motifs is 13. The van der Waals surface area contributed by atoms with Crippen LogP contribution in [0.2, 0.25) is 0 Å². The van der Waals surface area contributed by atoms with Crippen LogP contribution in [0.1, 0.15) is 105 Å². The standard InChI is InChI=1S/C60H57BN2O/c1-57(2,3)34-28-35(58(4,5)6)30-36(29-34)62-47-32-44-43(53(59(7,8)9)38-21-13-14-22-39(38)54(44)60(10,11)12)31-45(47)61-55-48(62)33-50-51(41-23-16-18-27-49(41)64-50)52(55)42-25-19-24-40-37-20-15-17-26-46(37)63(61)56(40)42/h13-33H,1-12H3. The molecule has 0 unspecified atom stereocenters. The van der Waals surface area contributed by atoms with E-state index in [4.69, 9.17) is 4.42 Å². The minimum Gasteiger partial charge on any atom is -0.456 e. The van der Waals surface area contributed by atoms with Gasteiger partial charge >= 0.3 is 6.85 Å². The first kappa shape index (κ1) is 39.3. The molecule has 0 aliphatic carbocycles. The smallest absolute Gasteiger partial charge is 0.333 e. The Hall–Kier alpha value is -6.26. The molecule has 3 nitrogen and oxygen atoms in total. The maximum absolute atomic E-state index is 6.99. The van der Waals surface area contributed by atoms with Crippen LogP contribution in [0.3, 0.4) is 0 Å². The van der Waals surface area contributed by atoms with Gasteiger partial charge in [0.2, 0.25) is 0 Å². The summed E-state index contributed by atoms with van der Waals surface area (Å²) in [5.74, 6) is 0. The third-order valence-electron chi connectivity index (χ3n) is 14.6. The number of furan rings is 1. The quantitative estimate of drug-likeness (QED) is 0.121. The van der Waals surface area contributed by atoms with Crippen molar-refractivity contribution >= 4 is 100 Å². The molecule has 4 heterocycles. The van der Waals surface area contributed by atoms with Gasteiger partial charge in [0, 0.05) is 61.3 Å². The fourth-order valence-electron chi connectivity index (χ4n) is 11.8. The van der Waals surface area contributed by atoms with E-state index in [0.29, 0.717) is 0 Å². The van der Waals surface area contributed by atoms with Crippen molar-refractivity contribution in [2.45, 2.75) is 105 Å². The molecule has 12 rings (SSSR count). The van der Waals surface area contributed by atoms with Gasteiger partial charge in [-0.05, 0) is 112 Å². The van der Waals surface area contributed by atoms with Crippen LogP contribution >= 0.6 is 0 Å². The zero-order valence-corrected chi connectivity index (χ0v) is 39.5. The lowest BCUT2D eigenvalue weighted by Gasteiger charge is -2.42. The second-order valence-corrected chi connectivity index (χ2v) is 23.0. The highest BCUT2D eigenvalue weighted by atomic mass is 16.3. The molecule has 2 aliphatic rings. The Kier molecular flexibility index (Phi) is 7.82. The van der Waals surface area contributed by atoms with Gasteiger partial charge in [-0.25, -0.2) is 0 Å². The third-order valence-corrected chi connectivity index (χ3v) is 14.6. The number of hydrogen-bond acceptors (Lipinski definition) is 2. The van der Waals surface area contributed by atoms with Crippen LogP contribution in [0.4, 0.5) is 17.1 Å². The van der Waals surface area contributed by atoms with Crippen LogP contribution in [0.25, 0.3) is 76.4 Å². The highest BCUT2D eigenvalue weighted by molar-refractivity contribution is 6.90. The van der Waals surface area contributed by atoms with Crippen LogP contribution in [0.15, 0.2) is 132 Å². The monoisotopic (exact) mass is 832 g/mol. The number of anilines is 3. The second kappa shape index (κ2) is 12.7. The Morgan fingerprint density at radius 3 is 1.64 bits per heavy atom. The molecule has 0 saturated heterocycles. The lowest BCUT2D eigenvalue weighted by Crippen LogP contribution is -2.56. The van der Waals surface area contributed by atoms with E-state index in [0.717, 1.165) is 16.6 Å². The van der Waals surface area contributed by atoms with Crippen molar-refractivity contribution in [3.63, 3.8) is 0 Å². The average Bonchev–Trinajstić information content (AvgIpc) is 3.78. The molecule has 0 spiro atoms. The van der Waals surface area contributed by atoms with Gasteiger partial charge in [-0.1, -0.05) is 174 Å². The molecule has 0 saturated carbocycles. The van der Waals surface area contributed by atoms with E-state index in [1.807, 2.05) is 0 Å². The molecule has 0 N–H and O–H groups in total. The van der Waals surface area contributed by atoms with Gasteiger partial charge in [0.1, 0.15) is 11.2 Å². The minimum atomic E-state index is -0.133. The van der Waals surface area contributed by atoms with Crippen molar-refractivity contribution in [2.24, 2.45) is 0 Å². The van der Waals surface area contributed by atoms with Gasteiger partial charge in [0.15, 0.2) is 0 Å². The molecule has 2 aliphatic heterocycles. The van der Waals surface area contributed by atoms with E-state index >= 15 is 0 Å². The van der Waals surface area contributed by atoms with Gasteiger partial charge in [-0.15, -0.1) is 0 Å². The molecule has 0 bridgehead atoms. The molecule has 10 aromatic rings. The molecule has 2 aromatic heterocycles. The van der Waals surface area contributed by atoms with E-state index < -0.39 is 0 Å². The predicted molar refractivity (Wildman–Crippen MR) is 277 cm³/mol. The Labute approximate surface area is 377 Å². The molecule has 0 amide bonds. The fourth-order valence-corrected chi connectivity index (χ4v) is 11.8. The lowest BCUT2D eigenvalue weighted by atomic mass is 9.44. The van der Waals surface area contributed by atoms with Crippen LogP contribution < -0.4 is 15.8 Å². The zero-order valence-electron chi connectivity index (χ0n) is 39.5. The highest BCUT2D eigenvalue weighted by Gasteiger charge is 2.45. The van der Waals surface area contributed by atoms with Crippen LogP contribution in [-0.4, -0.2) is 11.3 Å². The first-order valence-electron chi connectivity index (χ1n) is 23.3. The summed E-state index contributed by atoms with van der Waals surface area (Å²) in [4.78, 5) is 2.64. The van der Waals surface area contributed by atoms with Gasteiger partial charge in [0.05, 0.1) is 0 Å². The highest BCUT2D eigenvalue weighted by Crippen LogP contribution is 2.52. The van der Waals surface area contributed by atoms with Gasteiger partial charge in [0.25, 0.3) is 0 Å². The molecular weight excluding hydrogens is 775 g/mol. The van der Waals surface area contributed by atoms with Gasteiger partial charge in [-0.3, -0.25) is 0 Å². The van der Waals surface area contributed by atoms with E-state index in [1.54, 1.807) is 0 Å². The second-order valence-electron chi connectivity index (χ2n) is 23.0. The molecule has 8 aromatic carbocycles. The van der Waals surface area contributed by atoms with Crippen LogP contribution in [0, 0.1) is 0 Å². The molecule has 4 heteroatoms. The Bertz CT molecular complexity index is 3630. The van der Waals surface area contributed by atoms with Gasteiger partial charge < -0.3 is 13.8 Å². The SMILES string of the molecule is CC(C)(C)c1cc(N2c3cc4c(C(C)(C)C)c5ccccc5c(C(C)(C)C)c4cc3B3c4c2cc2oc5ccccc5c2c4-c2cccc4c5ccccc5n3c24)cc(C(C)(C)C)c1. The summed E-state index contributed by atoms with van der Waals surface area (Å²) in [6.07, 6.45) is 0. The first-order chi connectivity index (χ1) is 30.3. The summed E-state index contributed by atoms with van der Waals surface area (Å²) >= 11 is 0. The van der Waals surface area contributed by atoms with E-state index in [2.05, 4.69) is 220 Å². The van der Waals surface area contributed by atoms with E-state index in [9.17, 15) is 0 Å². The summed E-state index contributed by atoms with van der Waals surface area (Å²) in [6, 6.07) is 48.9.